The van der Waals surface area contributed by atoms with Crippen molar-refractivity contribution in [3.63, 3.8) is 0 Å². The van der Waals surface area contributed by atoms with Crippen molar-refractivity contribution in [2.75, 3.05) is 0 Å². The summed E-state index contributed by atoms with van der Waals surface area (Å²) in [6.07, 6.45) is 0.899. The van der Waals surface area contributed by atoms with Crippen LogP contribution in [0.15, 0.2) is 78.9 Å². The molecule has 0 bridgehead atoms. The average molecular weight is 309 g/mol. The lowest BCUT2D eigenvalue weighted by Gasteiger charge is -2.07. The second kappa shape index (κ2) is 7.15. The molecule has 0 heterocycles. The van der Waals surface area contributed by atoms with Crippen molar-refractivity contribution in [3.05, 3.63) is 101 Å². The molecule has 0 atom stereocenters. The first-order valence-electron chi connectivity index (χ1n) is 7.30. The van der Waals surface area contributed by atoms with Gasteiger partial charge in [-0.1, -0.05) is 66.2 Å². The number of ether oxygens (including phenoxy) is 1. The highest BCUT2D eigenvalue weighted by Gasteiger charge is 1.99. The molecule has 110 valence electrons. The van der Waals surface area contributed by atoms with E-state index in [0.29, 0.717) is 6.61 Å². The summed E-state index contributed by atoms with van der Waals surface area (Å²) in [5.41, 5.74) is 3.68. The summed E-state index contributed by atoms with van der Waals surface area (Å²) >= 11 is 5.90. The monoisotopic (exact) mass is 308 g/mol. The maximum Gasteiger partial charge on any atom is 0.119 e. The highest BCUT2D eigenvalue weighted by molar-refractivity contribution is 6.30. The van der Waals surface area contributed by atoms with E-state index in [1.807, 2.05) is 42.5 Å². The van der Waals surface area contributed by atoms with Gasteiger partial charge in [-0.05, 0) is 47.4 Å². The Bertz CT molecular complexity index is 703. The quantitative estimate of drug-likeness (QED) is 0.604. The van der Waals surface area contributed by atoms with E-state index in [1.165, 1.54) is 16.7 Å². The average Bonchev–Trinajstić information content (AvgIpc) is 2.57. The van der Waals surface area contributed by atoms with Crippen molar-refractivity contribution in [1.29, 1.82) is 0 Å². The van der Waals surface area contributed by atoms with Crippen molar-refractivity contribution in [3.8, 4) is 5.75 Å². The molecule has 0 radical (unpaired) electrons. The third-order valence-corrected chi connectivity index (χ3v) is 3.75. The Hall–Kier alpha value is -2.25. The van der Waals surface area contributed by atoms with Crippen LogP contribution in [0.4, 0.5) is 0 Å². The minimum Gasteiger partial charge on any atom is -0.489 e. The molecule has 0 saturated heterocycles. The fraction of sp³-hybridized carbons (Fsp3) is 0.100. The maximum atomic E-state index is 5.90. The van der Waals surface area contributed by atoms with E-state index in [2.05, 4.69) is 36.4 Å². The SMILES string of the molecule is Clc1ccc(Cc2ccc(OCc3ccccc3)cc2)cc1. The van der Waals surface area contributed by atoms with E-state index in [0.717, 1.165) is 17.2 Å². The van der Waals surface area contributed by atoms with Crippen molar-refractivity contribution in [2.24, 2.45) is 0 Å². The molecular weight excluding hydrogens is 292 g/mol. The fourth-order valence-electron chi connectivity index (χ4n) is 2.28. The summed E-state index contributed by atoms with van der Waals surface area (Å²) in [7, 11) is 0. The molecule has 0 N–H and O–H groups in total. The molecule has 1 nitrogen and oxygen atoms in total. The van der Waals surface area contributed by atoms with Crippen LogP contribution in [0.5, 0.6) is 5.75 Å². The molecule has 0 unspecified atom stereocenters. The Morgan fingerprint density at radius 2 is 1.23 bits per heavy atom. The zero-order valence-corrected chi connectivity index (χ0v) is 13.0. The van der Waals surface area contributed by atoms with Gasteiger partial charge < -0.3 is 4.74 Å². The van der Waals surface area contributed by atoms with Crippen LogP contribution < -0.4 is 4.74 Å². The topological polar surface area (TPSA) is 9.23 Å². The smallest absolute Gasteiger partial charge is 0.119 e. The van der Waals surface area contributed by atoms with Gasteiger partial charge in [0.1, 0.15) is 12.4 Å². The second-order valence-corrected chi connectivity index (χ2v) is 5.66. The zero-order chi connectivity index (χ0) is 15.2. The number of halogens is 1. The fourth-order valence-corrected chi connectivity index (χ4v) is 2.41. The number of hydrogen-bond acceptors (Lipinski definition) is 1. The molecule has 2 heteroatoms. The first-order chi connectivity index (χ1) is 10.8. The minimum atomic E-state index is 0.595. The highest BCUT2D eigenvalue weighted by atomic mass is 35.5. The normalized spacial score (nSPS) is 10.4. The lowest BCUT2D eigenvalue weighted by Crippen LogP contribution is -1.95. The van der Waals surface area contributed by atoms with E-state index in [4.69, 9.17) is 16.3 Å². The predicted molar refractivity (Wildman–Crippen MR) is 91.5 cm³/mol. The van der Waals surface area contributed by atoms with Gasteiger partial charge in [-0.25, -0.2) is 0 Å². The number of benzene rings is 3. The van der Waals surface area contributed by atoms with Crippen LogP contribution in [-0.4, -0.2) is 0 Å². The summed E-state index contributed by atoms with van der Waals surface area (Å²) in [5, 5.41) is 0.772. The van der Waals surface area contributed by atoms with E-state index in [-0.39, 0.29) is 0 Å². The molecule has 0 aromatic heterocycles. The standard InChI is InChI=1S/C20H17ClO/c21-19-10-6-16(7-11-19)14-17-8-12-20(13-9-17)22-15-18-4-2-1-3-5-18/h1-13H,14-15H2. The van der Waals surface area contributed by atoms with Crippen LogP contribution in [-0.2, 0) is 13.0 Å². The molecule has 3 aromatic rings. The molecule has 3 aromatic carbocycles. The molecule has 3 rings (SSSR count). The molecule has 0 aliphatic heterocycles. The minimum absolute atomic E-state index is 0.595. The van der Waals surface area contributed by atoms with E-state index >= 15 is 0 Å². The van der Waals surface area contributed by atoms with Crippen LogP contribution in [0, 0.1) is 0 Å². The first-order valence-corrected chi connectivity index (χ1v) is 7.67. The van der Waals surface area contributed by atoms with E-state index < -0.39 is 0 Å². The largest absolute Gasteiger partial charge is 0.489 e. The Morgan fingerprint density at radius 1 is 0.636 bits per heavy atom. The van der Waals surface area contributed by atoms with E-state index in [1.54, 1.807) is 0 Å². The van der Waals surface area contributed by atoms with E-state index in [9.17, 15) is 0 Å². The van der Waals surface area contributed by atoms with Gasteiger partial charge in [0.15, 0.2) is 0 Å². The Labute approximate surface area is 136 Å². The highest BCUT2D eigenvalue weighted by Crippen LogP contribution is 2.18. The van der Waals surface area contributed by atoms with Crippen molar-refractivity contribution >= 4 is 11.6 Å². The Kier molecular flexibility index (Phi) is 4.77. The summed E-state index contributed by atoms with van der Waals surface area (Å²) in [4.78, 5) is 0. The lowest BCUT2D eigenvalue weighted by molar-refractivity contribution is 0.306. The van der Waals surface area contributed by atoms with Crippen LogP contribution in [0.2, 0.25) is 5.02 Å². The molecule has 0 spiro atoms. The maximum absolute atomic E-state index is 5.90. The third kappa shape index (κ3) is 4.12. The van der Waals surface area contributed by atoms with Crippen LogP contribution >= 0.6 is 11.6 Å². The third-order valence-electron chi connectivity index (χ3n) is 3.49. The van der Waals surface area contributed by atoms with Gasteiger partial charge in [0.05, 0.1) is 0 Å². The molecule has 0 saturated carbocycles. The van der Waals surface area contributed by atoms with Gasteiger partial charge in [0.25, 0.3) is 0 Å². The molecule has 0 aliphatic carbocycles. The van der Waals surface area contributed by atoms with Gasteiger partial charge >= 0.3 is 0 Å². The second-order valence-electron chi connectivity index (χ2n) is 5.22. The molecule has 22 heavy (non-hydrogen) atoms. The molecule has 0 amide bonds. The number of hydrogen-bond donors (Lipinski definition) is 0. The van der Waals surface area contributed by atoms with Crippen molar-refractivity contribution in [1.82, 2.24) is 0 Å². The van der Waals surface area contributed by atoms with Crippen LogP contribution in [0.25, 0.3) is 0 Å². The Balaban J connectivity index is 1.59. The zero-order valence-electron chi connectivity index (χ0n) is 12.2. The van der Waals surface area contributed by atoms with Gasteiger partial charge in [-0.15, -0.1) is 0 Å². The van der Waals surface area contributed by atoms with Gasteiger partial charge in [0.2, 0.25) is 0 Å². The van der Waals surface area contributed by atoms with Crippen LogP contribution in [0.1, 0.15) is 16.7 Å². The first kappa shape index (κ1) is 14.7. The van der Waals surface area contributed by atoms with Crippen LogP contribution in [0.3, 0.4) is 0 Å². The van der Waals surface area contributed by atoms with Crippen molar-refractivity contribution in [2.45, 2.75) is 13.0 Å². The summed E-state index contributed by atoms with van der Waals surface area (Å²) in [6.45, 7) is 0.595. The van der Waals surface area contributed by atoms with Gasteiger partial charge in [0, 0.05) is 5.02 Å². The Morgan fingerprint density at radius 3 is 1.86 bits per heavy atom. The molecule has 0 fully saturated rings. The molecular formula is C20H17ClO. The van der Waals surface area contributed by atoms with Gasteiger partial charge in [-0.2, -0.15) is 0 Å². The van der Waals surface area contributed by atoms with Gasteiger partial charge in [-0.3, -0.25) is 0 Å². The summed E-state index contributed by atoms with van der Waals surface area (Å²) in [5.74, 6) is 0.892. The lowest BCUT2D eigenvalue weighted by atomic mass is 10.1. The molecule has 0 aliphatic rings. The number of rotatable bonds is 5. The summed E-state index contributed by atoms with van der Waals surface area (Å²) in [6, 6.07) is 26.4. The summed E-state index contributed by atoms with van der Waals surface area (Å²) < 4.78 is 5.80. The van der Waals surface area contributed by atoms with Crippen molar-refractivity contribution < 1.29 is 4.74 Å². The predicted octanol–water partition coefficient (Wildman–Crippen LogP) is 5.51.